The fraction of sp³-hybridized carbons (Fsp3) is 0.167. The molecule has 112 valence electrons. The molecule has 1 heterocycles. The number of para-hydroxylation sites is 2. The standard InChI is InChI=1S/C18H18N2O2/c1-20-11-15(14-8-4-6-10-17(14)20)18(21)19-16-9-5-3-7-13(16)12-22-2/h3-11H,12H2,1-2H3,(H,19,21). The van der Waals surface area contributed by atoms with Gasteiger partial charge in [0.15, 0.2) is 0 Å². The SMILES string of the molecule is COCc1ccccc1NC(=O)c1cn(C)c2ccccc12. The van der Waals surface area contributed by atoms with Crippen molar-refractivity contribution in [2.45, 2.75) is 6.61 Å². The Bertz CT molecular complexity index is 821. The molecule has 4 heteroatoms. The summed E-state index contributed by atoms with van der Waals surface area (Å²) in [7, 11) is 3.58. The highest BCUT2D eigenvalue weighted by Crippen LogP contribution is 2.23. The molecule has 3 aromatic rings. The second-order valence-corrected chi connectivity index (χ2v) is 5.22. The molecule has 0 fully saturated rings. The van der Waals surface area contributed by atoms with E-state index in [4.69, 9.17) is 4.74 Å². The van der Waals surface area contributed by atoms with Crippen molar-refractivity contribution < 1.29 is 9.53 Å². The zero-order chi connectivity index (χ0) is 15.5. The van der Waals surface area contributed by atoms with E-state index in [0.29, 0.717) is 12.2 Å². The average Bonchev–Trinajstić information content (AvgIpc) is 2.87. The third-order valence-electron chi connectivity index (χ3n) is 3.71. The Morgan fingerprint density at radius 2 is 1.86 bits per heavy atom. The van der Waals surface area contributed by atoms with Gasteiger partial charge in [-0.15, -0.1) is 0 Å². The normalized spacial score (nSPS) is 10.8. The number of anilines is 1. The number of aryl methyl sites for hydroxylation is 1. The number of aromatic nitrogens is 1. The fourth-order valence-corrected chi connectivity index (χ4v) is 2.64. The molecular formula is C18H18N2O2. The number of benzene rings is 2. The number of hydrogen-bond acceptors (Lipinski definition) is 2. The molecule has 0 radical (unpaired) electrons. The highest BCUT2D eigenvalue weighted by molar-refractivity contribution is 6.13. The maximum absolute atomic E-state index is 12.6. The summed E-state index contributed by atoms with van der Waals surface area (Å²) in [5.74, 6) is -0.111. The van der Waals surface area contributed by atoms with Gasteiger partial charge in [-0.2, -0.15) is 0 Å². The predicted octanol–water partition coefficient (Wildman–Crippen LogP) is 3.58. The van der Waals surface area contributed by atoms with Gasteiger partial charge in [0.2, 0.25) is 0 Å². The number of amides is 1. The van der Waals surface area contributed by atoms with Crippen LogP contribution in [0.25, 0.3) is 10.9 Å². The van der Waals surface area contributed by atoms with E-state index in [2.05, 4.69) is 5.32 Å². The third kappa shape index (κ3) is 2.61. The molecule has 0 spiro atoms. The molecular weight excluding hydrogens is 276 g/mol. The fourth-order valence-electron chi connectivity index (χ4n) is 2.64. The lowest BCUT2D eigenvalue weighted by atomic mass is 10.1. The minimum absolute atomic E-state index is 0.111. The van der Waals surface area contributed by atoms with E-state index in [0.717, 1.165) is 22.2 Å². The highest BCUT2D eigenvalue weighted by atomic mass is 16.5. The van der Waals surface area contributed by atoms with Crippen molar-refractivity contribution in [3.63, 3.8) is 0 Å². The monoisotopic (exact) mass is 294 g/mol. The molecule has 1 aromatic heterocycles. The molecule has 0 saturated carbocycles. The van der Waals surface area contributed by atoms with Crippen LogP contribution < -0.4 is 5.32 Å². The van der Waals surface area contributed by atoms with E-state index in [1.165, 1.54) is 0 Å². The van der Waals surface area contributed by atoms with E-state index in [-0.39, 0.29) is 5.91 Å². The van der Waals surface area contributed by atoms with Crippen LogP contribution in [0.15, 0.2) is 54.7 Å². The maximum Gasteiger partial charge on any atom is 0.257 e. The van der Waals surface area contributed by atoms with Crippen LogP contribution in [0.4, 0.5) is 5.69 Å². The van der Waals surface area contributed by atoms with Crippen LogP contribution in [-0.4, -0.2) is 17.6 Å². The van der Waals surface area contributed by atoms with Crippen molar-refractivity contribution in [3.8, 4) is 0 Å². The molecule has 0 aliphatic heterocycles. The Kier molecular flexibility index (Phi) is 3.94. The lowest BCUT2D eigenvalue weighted by Crippen LogP contribution is -2.13. The van der Waals surface area contributed by atoms with Gasteiger partial charge >= 0.3 is 0 Å². The Labute approximate surface area is 129 Å². The molecule has 1 N–H and O–H groups in total. The van der Waals surface area contributed by atoms with Crippen molar-refractivity contribution in [1.29, 1.82) is 0 Å². The molecule has 22 heavy (non-hydrogen) atoms. The number of ether oxygens (including phenoxy) is 1. The number of rotatable bonds is 4. The Hall–Kier alpha value is -2.59. The van der Waals surface area contributed by atoms with E-state index in [1.54, 1.807) is 7.11 Å². The van der Waals surface area contributed by atoms with Gasteiger partial charge in [-0.3, -0.25) is 4.79 Å². The van der Waals surface area contributed by atoms with Gasteiger partial charge in [-0.1, -0.05) is 36.4 Å². The number of methoxy groups -OCH3 is 1. The van der Waals surface area contributed by atoms with Crippen molar-refractivity contribution in [2.75, 3.05) is 12.4 Å². The van der Waals surface area contributed by atoms with Crippen LogP contribution in [0.2, 0.25) is 0 Å². The van der Waals surface area contributed by atoms with Crippen LogP contribution in [0.5, 0.6) is 0 Å². The molecule has 0 aliphatic carbocycles. The minimum Gasteiger partial charge on any atom is -0.380 e. The van der Waals surface area contributed by atoms with Gasteiger partial charge in [0, 0.05) is 42.5 Å². The van der Waals surface area contributed by atoms with Gasteiger partial charge < -0.3 is 14.6 Å². The molecule has 1 amide bonds. The lowest BCUT2D eigenvalue weighted by molar-refractivity contribution is 0.102. The molecule has 0 atom stereocenters. The summed E-state index contributed by atoms with van der Waals surface area (Å²) in [6, 6.07) is 15.5. The van der Waals surface area contributed by atoms with Crippen molar-refractivity contribution >= 4 is 22.5 Å². The largest absolute Gasteiger partial charge is 0.380 e. The van der Waals surface area contributed by atoms with Crippen molar-refractivity contribution in [3.05, 3.63) is 65.9 Å². The summed E-state index contributed by atoms with van der Waals surface area (Å²) in [6.07, 6.45) is 1.86. The molecule has 4 nitrogen and oxygen atoms in total. The summed E-state index contributed by atoms with van der Waals surface area (Å²) in [6.45, 7) is 0.464. The number of hydrogen-bond donors (Lipinski definition) is 1. The zero-order valence-corrected chi connectivity index (χ0v) is 12.7. The summed E-state index contributed by atoms with van der Waals surface area (Å²) < 4.78 is 7.14. The molecule has 3 rings (SSSR count). The van der Waals surface area contributed by atoms with Gasteiger partial charge in [-0.25, -0.2) is 0 Å². The first-order chi connectivity index (χ1) is 10.7. The Balaban J connectivity index is 1.94. The van der Waals surface area contributed by atoms with Crippen LogP contribution in [0.3, 0.4) is 0 Å². The van der Waals surface area contributed by atoms with Crippen molar-refractivity contribution in [2.24, 2.45) is 7.05 Å². The first kappa shape index (κ1) is 14.4. The Morgan fingerprint density at radius 3 is 2.68 bits per heavy atom. The number of nitrogens with zero attached hydrogens (tertiary/aromatic N) is 1. The van der Waals surface area contributed by atoms with E-state index in [1.807, 2.05) is 66.3 Å². The smallest absolute Gasteiger partial charge is 0.257 e. The molecule has 0 bridgehead atoms. The summed E-state index contributed by atoms with van der Waals surface area (Å²) in [5.41, 5.74) is 3.45. The van der Waals surface area contributed by atoms with Gasteiger partial charge in [-0.05, 0) is 12.1 Å². The van der Waals surface area contributed by atoms with Crippen molar-refractivity contribution in [1.82, 2.24) is 4.57 Å². The minimum atomic E-state index is -0.111. The summed E-state index contributed by atoms with van der Waals surface area (Å²) in [5, 5.41) is 3.94. The zero-order valence-electron chi connectivity index (χ0n) is 12.7. The van der Waals surface area contributed by atoms with E-state index >= 15 is 0 Å². The first-order valence-corrected chi connectivity index (χ1v) is 7.13. The van der Waals surface area contributed by atoms with Gasteiger partial charge in [0.1, 0.15) is 0 Å². The average molecular weight is 294 g/mol. The molecule has 0 unspecified atom stereocenters. The van der Waals surface area contributed by atoms with E-state index < -0.39 is 0 Å². The van der Waals surface area contributed by atoms with Crippen LogP contribution in [-0.2, 0) is 18.4 Å². The van der Waals surface area contributed by atoms with Crippen LogP contribution in [0.1, 0.15) is 15.9 Å². The second kappa shape index (κ2) is 6.03. The highest BCUT2D eigenvalue weighted by Gasteiger charge is 2.14. The second-order valence-electron chi connectivity index (χ2n) is 5.22. The molecule has 0 aliphatic rings. The third-order valence-corrected chi connectivity index (χ3v) is 3.71. The molecule has 2 aromatic carbocycles. The number of nitrogens with one attached hydrogen (secondary N) is 1. The number of fused-ring (bicyclic) bond motifs is 1. The quantitative estimate of drug-likeness (QED) is 0.799. The Morgan fingerprint density at radius 1 is 1.14 bits per heavy atom. The van der Waals surface area contributed by atoms with Gasteiger partial charge in [0.05, 0.1) is 12.2 Å². The van der Waals surface area contributed by atoms with Gasteiger partial charge in [0.25, 0.3) is 5.91 Å². The number of carbonyl (C=O) groups excluding carboxylic acids is 1. The predicted molar refractivity (Wildman–Crippen MR) is 88.0 cm³/mol. The topological polar surface area (TPSA) is 43.3 Å². The van der Waals surface area contributed by atoms with Crippen LogP contribution in [0, 0.1) is 0 Å². The number of carbonyl (C=O) groups is 1. The molecule has 0 saturated heterocycles. The van der Waals surface area contributed by atoms with Crippen LogP contribution >= 0.6 is 0 Å². The maximum atomic E-state index is 12.6. The first-order valence-electron chi connectivity index (χ1n) is 7.13. The summed E-state index contributed by atoms with van der Waals surface area (Å²) in [4.78, 5) is 12.6. The lowest BCUT2D eigenvalue weighted by Gasteiger charge is -2.10. The summed E-state index contributed by atoms with van der Waals surface area (Å²) >= 11 is 0. The van der Waals surface area contributed by atoms with E-state index in [9.17, 15) is 4.79 Å².